The van der Waals surface area contributed by atoms with Crippen molar-refractivity contribution in [3.05, 3.63) is 105 Å². The third kappa shape index (κ3) is 5.41. The van der Waals surface area contributed by atoms with Gasteiger partial charge in [-0.1, -0.05) is 48.2 Å². The monoisotopic (exact) mass is 544 g/mol. The molecule has 0 spiro atoms. The molecular weight excluding hydrogens is 520 g/mol. The number of rotatable bonds is 8. The van der Waals surface area contributed by atoms with Gasteiger partial charge < -0.3 is 20.5 Å². The number of nitrogens with zero attached hydrogens (tertiary/aromatic N) is 4. The van der Waals surface area contributed by atoms with Gasteiger partial charge in [0.25, 0.3) is 11.6 Å². The number of ether oxygens (including phenoxy) is 1. The van der Waals surface area contributed by atoms with E-state index in [2.05, 4.69) is 15.6 Å². The number of para-hydroxylation sites is 2. The lowest BCUT2D eigenvalue weighted by Crippen LogP contribution is -2.31. The van der Waals surface area contributed by atoms with Crippen LogP contribution >= 0.6 is 11.8 Å². The second-order valence-corrected chi connectivity index (χ2v) is 9.63. The van der Waals surface area contributed by atoms with Crippen LogP contribution in [0.25, 0.3) is 0 Å². The fraction of sp³-hybridized carbons (Fsp3) is 0.148. The highest BCUT2D eigenvalue weighted by atomic mass is 32.2. The van der Waals surface area contributed by atoms with Gasteiger partial charge in [-0.25, -0.2) is 4.68 Å². The van der Waals surface area contributed by atoms with Crippen molar-refractivity contribution in [1.82, 2.24) is 14.8 Å². The summed E-state index contributed by atoms with van der Waals surface area (Å²) < 4.78 is 7.04. The Morgan fingerprint density at radius 1 is 1.15 bits per heavy atom. The molecule has 0 radical (unpaired) electrons. The Labute approximate surface area is 227 Å². The van der Waals surface area contributed by atoms with Gasteiger partial charge in [-0.2, -0.15) is 4.98 Å². The molecule has 0 saturated carbocycles. The maximum atomic E-state index is 13.7. The Morgan fingerprint density at radius 3 is 2.56 bits per heavy atom. The van der Waals surface area contributed by atoms with Gasteiger partial charge in [-0.05, 0) is 42.3 Å². The molecule has 1 aliphatic rings. The van der Waals surface area contributed by atoms with E-state index in [9.17, 15) is 20.0 Å². The zero-order valence-electron chi connectivity index (χ0n) is 21.0. The first-order valence-electron chi connectivity index (χ1n) is 11.9. The van der Waals surface area contributed by atoms with Crippen LogP contribution in [0.5, 0.6) is 11.5 Å². The lowest BCUT2D eigenvalue weighted by Gasteiger charge is -2.28. The summed E-state index contributed by atoms with van der Waals surface area (Å²) in [6, 6.07) is 19.4. The highest BCUT2D eigenvalue weighted by Gasteiger charge is 2.34. The van der Waals surface area contributed by atoms with E-state index in [1.54, 1.807) is 66.2 Å². The molecule has 3 N–H and O–H groups in total. The van der Waals surface area contributed by atoms with Crippen molar-refractivity contribution in [2.24, 2.45) is 0 Å². The number of methoxy groups -OCH3 is 1. The topological polar surface area (TPSA) is 144 Å². The molecule has 5 rings (SSSR count). The fourth-order valence-corrected chi connectivity index (χ4v) is 5.04. The van der Waals surface area contributed by atoms with Crippen LogP contribution in [0.1, 0.15) is 24.1 Å². The largest absolute Gasteiger partial charge is 0.508 e. The molecule has 39 heavy (non-hydrogen) atoms. The van der Waals surface area contributed by atoms with Crippen molar-refractivity contribution in [2.75, 3.05) is 17.7 Å². The Morgan fingerprint density at radius 2 is 1.87 bits per heavy atom. The molecule has 0 fully saturated rings. The van der Waals surface area contributed by atoms with Crippen LogP contribution in [0, 0.1) is 10.1 Å². The Balaban J connectivity index is 1.46. The Bertz CT molecular complexity index is 1570. The standard InChI is InChI=1S/C27H24N6O5S/c1-16-23(25(35)29-21-5-3-4-6-22(21)38-2)24(18-9-13-20(34)14-10-18)32-26(28-16)30-27(31-32)39-15-17-7-11-19(12-8-17)33(36)37/h3-14,24,34H,15H2,1-2H3,(H,29,35)(H,28,30,31). The normalized spacial score (nSPS) is 14.4. The van der Waals surface area contributed by atoms with Crippen molar-refractivity contribution in [3.8, 4) is 11.5 Å². The number of nitro benzene ring substituents is 1. The van der Waals surface area contributed by atoms with Crippen molar-refractivity contribution in [3.63, 3.8) is 0 Å². The lowest BCUT2D eigenvalue weighted by molar-refractivity contribution is -0.384. The van der Waals surface area contributed by atoms with E-state index >= 15 is 0 Å². The Hall–Kier alpha value is -4.84. The number of anilines is 2. The summed E-state index contributed by atoms with van der Waals surface area (Å²) in [6.07, 6.45) is 0. The van der Waals surface area contributed by atoms with Gasteiger partial charge in [0.15, 0.2) is 0 Å². The number of phenols is 1. The van der Waals surface area contributed by atoms with Crippen molar-refractivity contribution >= 4 is 35.0 Å². The molecule has 4 aromatic rings. The van der Waals surface area contributed by atoms with Gasteiger partial charge in [-0.3, -0.25) is 14.9 Å². The first-order chi connectivity index (χ1) is 18.8. The van der Waals surface area contributed by atoms with Crippen LogP contribution in [-0.4, -0.2) is 37.8 Å². The summed E-state index contributed by atoms with van der Waals surface area (Å²) in [5.74, 6) is 1.25. The summed E-state index contributed by atoms with van der Waals surface area (Å²) in [7, 11) is 1.54. The summed E-state index contributed by atoms with van der Waals surface area (Å²) in [4.78, 5) is 28.8. The van der Waals surface area contributed by atoms with E-state index in [4.69, 9.17) is 9.84 Å². The Kier molecular flexibility index (Phi) is 7.19. The molecule has 0 bridgehead atoms. The number of fused-ring (bicyclic) bond motifs is 1. The van der Waals surface area contributed by atoms with Gasteiger partial charge in [0, 0.05) is 23.6 Å². The minimum Gasteiger partial charge on any atom is -0.508 e. The van der Waals surface area contributed by atoms with E-state index in [0.29, 0.717) is 39.6 Å². The average Bonchev–Trinajstić information content (AvgIpc) is 3.34. The number of hydrogen-bond donors (Lipinski definition) is 3. The number of thioether (sulfide) groups is 1. The summed E-state index contributed by atoms with van der Waals surface area (Å²) >= 11 is 1.37. The summed E-state index contributed by atoms with van der Waals surface area (Å²) in [5.41, 5.74) is 3.20. The highest BCUT2D eigenvalue weighted by molar-refractivity contribution is 7.98. The number of benzene rings is 3. The molecule has 1 amide bonds. The number of phenolic OH excluding ortho intramolecular Hbond substituents is 1. The van der Waals surface area contributed by atoms with Crippen molar-refractivity contribution in [2.45, 2.75) is 23.9 Å². The molecule has 1 unspecified atom stereocenters. The van der Waals surface area contributed by atoms with Gasteiger partial charge >= 0.3 is 0 Å². The number of non-ortho nitro benzene ring substituents is 1. The molecular formula is C27H24N6O5S. The lowest BCUT2D eigenvalue weighted by atomic mass is 9.95. The number of amides is 1. The molecule has 3 aromatic carbocycles. The number of nitro groups is 1. The summed E-state index contributed by atoms with van der Waals surface area (Å²) in [6.45, 7) is 1.80. The molecule has 2 heterocycles. The zero-order valence-corrected chi connectivity index (χ0v) is 21.8. The second kappa shape index (κ2) is 10.9. The van der Waals surface area contributed by atoms with Crippen LogP contribution in [0.4, 0.5) is 17.3 Å². The zero-order chi connectivity index (χ0) is 27.5. The molecule has 0 aliphatic carbocycles. The second-order valence-electron chi connectivity index (χ2n) is 8.69. The molecule has 1 atom stereocenters. The van der Waals surface area contributed by atoms with Gasteiger partial charge in [0.1, 0.15) is 17.5 Å². The number of carbonyl (C=O) groups excluding carboxylic acids is 1. The van der Waals surface area contributed by atoms with Gasteiger partial charge in [0.2, 0.25) is 11.1 Å². The first-order valence-corrected chi connectivity index (χ1v) is 12.9. The predicted molar refractivity (Wildman–Crippen MR) is 147 cm³/mol. The maximum Gasteiger partial charge on any atom is 0.269 e. The molecule has 0 saturated heterocycles. The number of hydrogen-bond acceptors (Lipinski definition) is 9. The van der Waals surface area contributed by atoms with Crippen LogP contribution in [-0.2, 0) is 10.5 Å². The number of allylic oxidation sites excluding steroid dienone is 1. The van der Waals surface area contributed by atoms with E-state index in [0.717, 1.165) is 11.1 Å². The predicted octanol–water partition coefficient (Wildman–Crippen LogP) is 5.12. The minimum absolute atomic E-state index is 0.0285. The number of aromatic nitrogens is 3. The highest BCUT2D eigenvalue weighted by Crippen LogP contribution is 2.38. The molecule has 11 nitrogen and oxygen atoms in total. The number of carbonyl (C=O) groups is 1. The van der Waals surface area contributed by atoms with Crippen LogP contribution in [0.3, 0.4) is 0 Å². The van der Waals surface area contributed by atoms with Gasteiger partial charge in [0.05, 0.1) is 23.3 Å². The number of aromatic hydroxyl groups is 1. The molecule has 12 heteroatoms. The quantitative estimate of drug-likeness (QED) is 0.156. The first kappa shape index (κ1) is 25.8. The van der Waals surface area contributed by atoms with Crippen molar-refractivity contribution < 1.29 is 19.6 Å². The third-order valence-corrected chi connectivity index (χ3v) is 7.07. The fourth-order valence-electron chi connectivity index (χ4n) is 4.25. The van der Waals surface area contributed by atoms with Crippen molar-refractivity contribution in [1.29, 1.82) is 0 Å². The molecule has 198 valence electrons. The smallest absolute Gasteiger partial charge is 0.269 e. The van der Waals surface area contributed by atoms with E-state index in [-0.39, 0.29) is 17.3 Å². The van der Waals surface area contributed by atoms with Crippen LogP contribution in [0.2, 0.25) is 0 Å². The maximum absolute atomic E-state index is 13.7. The van der Waals surface area contributed by atoms with Crippen LogP contribution in [0.15, 0.2) is 89.2 Å². The van der Waals surface area contributed by atoms with E-state index < -0.39 is 11.0 Å². The average molecular weight is 545 g/mol. The van der Waals surface area contributed by atoms with Crippen LogP contribution < -0.4 is 15.4 Å². The van der Waals surface area contributed by atoms with E-state index in [1.807, 2.05) is 6.07 Å². The van der Waals surface area contributed by atoms with Gasteiger partial charge in [-0.15, -0.1) is 5.10 Å². The number of nitrogens with one attached hydrogen (secondary N) is 2. The van der Waals surface area contributed by atoms with E-state index in [1.165, 1.54) is 31.0 Å². The summed E-state index contributed by atoms with van der Waals surface area (Å²) in [5, 5.41) is 32.1. The third-order valence-electron chi connectivity index (χ3n) is 6.16. The SMILES string of the molecule is COc1ccccc1NC(=O)C1=C(C)Nc2nc(SCc3ccc([N+](=O)[O-])cc3)nn2C1c1ccc(O)cc1. The molecule has 1 aliphatic heterocycles. The minimum atomic E-state index is -0.627. The molecule has 1 aromatic heterocycles.